The van der Waals surface area contributed by atoms with Gasteiger partial charge in [0.1, 0.15) is 10.8 Å². The minimum absolute atomic E-state index is 0.0875. The molecule has 1 saturated heterocycles. The fourth-order valence-corrected chi connectivity index (χ4v) is 5.68. The highest BCUT2D eigenvalue weighted by Gasteiger charge is 2.38. The van der Waals surface area contributed by atoms with E-state index < -0.39 is 0 Å². The molecule has 172 valence electrons. The molecule has 1 aromatic carbocycles. The van der Waals surface area contributed by atoms with Gasteiger partial charge in [0.05, 0.1) is 11.3 Å². The van der Waals surface area contributed by atoms with Crippen molar-refractivity contribution in [1.82, 2.24) is 14.8 Å². The minimum Gasteiger partial charge on any atom is -0.455 e. The summed E-state index contributed by atoms with van der Waals surface area (Å²) >= 11 is 1.67. The molecular formula is C26H29N3O3S. The molecule has 1 aliphatic carbocycles. The molecule has 0 saturated carbocycles. The number of ketones is 1. The van der Waals surface area contributed by atoms with Crippen LogP contribution in [-0.4, -0.2) is 52.7 Å². The molecule has 6 nitrogen and oxygen atoms in total. The predicted molar refractivity (Wildman–Crippen MR) is 129 cm³/mol. The molecule has 0 bridgehead atoms. The quantitative estimate of drug-likeness (QED) is 0.555. The van der Waals surface area contributed by atoms with Crippen LogP contribution in [-0.2, 0) is 13.0 Å². The van der Waals surface area contributed by atoms with Crippen LogP contribution in [0.3, 0.4) is 0 Å². The second kappa shape index (κ2) is 8.54. The second-order valence-corrected chi connectivity index (χ2v) is 10.7. The molecule has 5 rings (SSSR count). The van der Waals surface area contributed by atoms with Crippen molar-refractivity contribution < 1.29 is 14.0 Å². The molecule has 3 aromatic rings. The number of amides is 1. The Kier molecular flexibility index (Phi) is 5.70. The first-order chi connectivity index (χ1) is 15.8. The maximum Gasteiger partial charge on any atom is 0.289 e. The van der Waals surface area contributed by atoms with Crippen molar-refractivity contribution in [2.24, 2.45) is 5.41 Å². The van der Waals surface area contributed by atoms with Crippen molar-refractivity contribution >= 4 is 23.0 Å². The van der Waals surface area contributed by atoms with Crippen LogP contribution in [0.4, 0.5) is 0 Å². The Bertz CT molecular complexity index is 1190. The maximum atomic E-state index is 13.2. The third-order valence-corrected chi connectivity index (χ3v) is 7.53. The van der Waals surface area contributed by atoms with Gasteiger partial charge in [-0.05, 0) is 12.3 Å². The Labute approximate surface area is 198 Å². The summed E-state index contributed by atoms with van der Waals surface area (Å²) in [4.78, 5) is 34.8. The number of rotatable bonds is 4. The molecule has 33 heavy (non-hydrogen) atoms. The van der Waals surface area contributed by atoms with Crippen LogP contribution < -0.4 is 0 Å². The van der Waals surface area contributed by atoms with Gasteiger partial charge in [0.15, 0.2) is 11.5 Å². The molecule has 1 fully saturated rings. The van der Waals surface area contributed by atoms with E-state index in [1.54, 1.807) is 11.3 Å². The molecule has 1 aliphatic heterocycles. The summed E-state index contributed by atoms with van der Waals surface area (Å²) in [5, 5.41) is 3.16. The fraction of sp³-hybridized carbons (Fsp3) is 0.423. The van der Waals surface area contributed by atoms with E-state index in [0.717, 1.165) is 35.9 Å². The summed E-state index contributed by atoms with van der Waals surface area (Å²) in [6.45, 7) is 9.61. The summed E-state index contributed by atoms with van der Waals surface area (Å²) in [5.74, 6) is 0.997. The third kappa shape index (κ3) is 4.39. The van der Waals surface area contributed by atoms with Gasteiger partial charge in [0.25, 0.3) is 5.91 Å². The van der Waals surface area contributed by atoms with Gasteiger partial charge in [0.2, 0.25) is 0 Å². The topological polar surface area (TPSA) is 66.7 Å². The van der Waals surface area contributed by atoms with Gasteiger partial charge < -0.3 is 9.32 Å². The number of benzene rings is 1. The van der Waals surface area contributed by atoms with Crippen molar-refractivity contribution in [1.29, 1.82) is 0 Å². The van der Waals surface area contributed by atoms with Gasteiger partial charge >= 0.3 is 0 Å². The van der Waals surface area contributed by atoms with Crippen molar-refractivity contribution in [3.63, 3.8) is 0 Å². The van der Waals surface area contributed by atoms with Gasteiger partial charge in [0, 0.05) is 62.1 Å². The monoisotopic (exact) mass is 463 g/mol. The summed E-state index contributed by atoms with van der Waals surface area (Å²) < 4.78 is 5.99. The Morgan fingerprint density at radius 2 is 1.85 bits per heavy atom. The highest BCUT2D eigenvalue weighted by atomic mass is 32.1. The standard InChI is InChI=1S/C26H29N3O3S/c1-17-22-20(30)13-26(2,3)14-21(22)32-23(17)25(31)29-11-9-28(10-12-29)15-19-16-33-24(27-19)18-7-5-4-6-8-18/h4-8,16H,9-15H2,1-3H3. The largest absolute Gasteiger partial charge is 0.455 e. The van der Waals surface area contributed by atoms with Gasteiger partial charge in [-0.1, -0.05) is 44.2 Å². The Balaban J connectivity index is 1.22. The van der Waals surface area contributed by atoms with E-state index in [2.05, 4.69) is 36.3 Å². The average molecular weight is 464 g/mol. The number of carbonyl (C=O) groups is 2. The number of Topliss-reactive ketones (excluding diaryl/α,β-unsaturated/α-hetero) is 1. The number of aromatic nitrogens is 1. The number of carbonyl (C=O) groups excluding carboxylic acids is 2. The summed E-state index contributed by atoms with van der Waals surface area (Å²) in [6, 6.07) is 10.2. The van der Waals surface area contributed by atoms with Gasteiger partial charge in [-0.15, -0.1) is 11.3 Å². The van der Waals surface area contributed by atoms with Crippen molar-refractivity contribution in [3.8, 4) is 10.6 Å². The lowest BCUT2D eigenvalue weighted by atomic mass is 9.76. The lowest BCUT2D eigenvalue weighted by molar-refractivity contribution is 0.0591. The van der Waals surface area contributed by atoms with E-state index in [1.807, 2.05) is 30.0 Å². The second-order valence-electron chi connectivity index (χ2n) is 9.87. The van der Waals surface area contributed by atoms with E-state index in [0.29, 0.717) is 48.6 Å². The Morgan fingerprint density at radius 1 is 1.12 bits per heavy atom. The average Bonchev–Trinajstić information content (AvgIpc) is 3.38. The third-order valence-electron chi connectivity index (χ3n) is 6.59. The lowest BCUT2D eigenvalue weighted by Crippen LogP contribution is -2.48. The van der Waals surface area contributed by atoms with Crippen molar-refractivity contribution in [3.05, 3.63) is 64.1 Å². The first-order valence-corrected chi connectivity index (χ1v) is 12.4. The van der Waals surface area contributed by atoms with Crippen LogP contribution in [0.1, 0.15) is 58.2 Å². The van der Waals surface area contributed by atoms with Crippen LogP contribution in [0.15, 0.2) is 40.1 Å². The summed E-state index contributed by atoms with van der Waals surface area (Å²) in [7, 11) is 0. The van der Waals surface area contributed by atoms with Gasteiger partial charge in [-0.3, -0.25) is 14.5 Å². The first-order valence-electron chi connectivity index (χ1n) is 11.5. The molecule has 0 atom stereocenters. The highest BCUT2D eigenvalue weighted by molar-refractivity contribution is 7.13. The van der Waals surface area contributed by atoms with Crippen LogP contribution in [0.2, 0.25) is 0 Å². The van der Waals surface area contributed by atoms with Crippen molar-refractivity contribution in [2.45, 2.75) is 40.2 Å². The summed E-state index contributed by atoms with van der Waals surface area (Å²) in [5.41, 5.74) is 3.41. The zero-order valence-corrected chi connectivity index (χ0v) is 20.2. The lowest BCUT2D eigenvalue weighted by Gasteiger charge is -2.34. The molecular weight excluding hydrogens is 434 g/mol. The highest BCUT2D eigenvalue weighted by Crippen LogP contribution is 2.38. The molecule has 0 radical (unpaired) electrons. The van der Waals surface area contributed by atoms with E-state index in [-0.39, 0.29) is 17.1 Å². The number of hydrogen-bond acceptors (Lipinski definition) is 6. The zero-order valence-electron chi connectivity index (χ0n) is 19.4. The smallest absolute Gasteiger partial charge is 0.289 e. The van der Waals surface area contributed by atoms with E-state index in [9.17, 15) is 9.59 Å². The molecule has 7 heteroatoms. The van der Waals surface area contributed by atoms with E-state index in [4.69, 9.17) is 9.40 Å². The van der Waals surface area contributed by atoms with Gasteiger partial charge in [-0.25, -0.2) is 4.98 Å². The number of furan rings is 1. The first kappa shape index (κ1) is 22.0. The van der Waals surface area contributed by atoms with E-state index in [1.165, 1.54) is 0 Å². The number of piperazine rings is 1. The Morgan fingerprint density at radius 3 is 2.58 bits per heavy atom. The predicted octanol–water partition coefficient (Wildman–Crippen LogP) is 4.82. The molecule has 0 N–H and O–H groups in total. The van der Waals surface area contributed by atoms with Crippen LogP contribution in [0, 0.1) is 12.3 Å². The van der Waals surface area contributed by atoms with Crippen molar-refractivity contribution in [2.75, 3.05) is 26.2 Å². The summed E-state index contributed by atoms with van der Waals surface area (Å²) in [6.07, 6.45) is 1.18. The minimum atomic E-state index is -0.129. The number of nitrogens with zero attached hydrogens (tertiary/aromatic N) is 3. The zero-order chi connectivity index (χ0) is 23.2. The maximum absolute atomic E-state index is 13.2. The van der Waals surface area contributed by atoms with Crippen LogP contribution >= 0.6 is 11.3 Å². The molecule has 0 unspecified atom stereocenters. The molecule has 3 heterocycles. The van der Waals surface area contributed by atoms with Crippen LogP contribution in [0.5, 0.6) is 0 Å². The number of fused-ring (bicyclic) bond motifs is 1. The molecule has 2 aliphatic rings. The number of hydrogen-bond donors (Lipinski definition) is 0. The normalized spacial score (nSPS) is 18.4. The number of thiazole rings is 1. The molecule has 2 aromatic heterocycles. The van der Waals surface area contributed by atoms with Crippen LogP contribution in [0.25, 0.3) is 10.6 Å². The molecule has 0 spiro atoms. The molecule has 1 amide bonds. The van der Waals surface area contributed by atoms with Gasteiger partial charge in [-0.2, -0.15) is 0 Å². The SMILES string of the molecule is Cc1c(C(=O)N2CCN(Cc3csc(-c4ccccc4)n3)CC2)oc2c1C(=O)CC(C)(C)C2. The van der Waals surface area contributed by atoms with E-state index >= 15 is 0 Å². The fourth-order valence-electron chi connectivity index (χ4n) is 4.86. The Hall–Kier alpha value is -2.77.